The van der Waals surface area contributed by atoms with Gasteiger partial charge in [0, 0.05) is 29.4 Å². The van der Waals surface area contributed by atoms with Gasteiger partial charge in [0.25, 0.3) is 0 Å². The molecule has 4 aromatic heterocycles. The lowest BCUT2D eigenvalue weighted by molar-refractivity contribution is 1.20. The van der Waals surface area contributed by atoms with Gasteiger partial charge in [-0.2, -0.15) is 0 Å². The molecule has 0 radical (unpaired) electrons. The SMILES string of the molecule is Cc1nc2sccn2c1-c1cn2ccsc2n1. The average Bonchev–Trinajstić information content (AvgIpc) is 2.94. The van der Waals surface area contributed by atoms with Gasteiger partial charge in [-0.15, -0.1) is 22.7 Å². The lowest BCUT2D eigenvalue weighted by Gasteiger charge is -1.94. The van der Waals surface area contributed by atoms with Crippen LogP contribution in [0.25, 0.3) is 21.3 Å². The monoisotopic (exact) mass is 260 g/mol. The number of hydrogen-bond acceptors (Lipinski definition) is 4. The molecule has 0 bridgehead atoms. The standard InChI is InChI=1S/C11H8N4S2/c1-7-9(15-3-5-17-11(15)12-7)8-6-14-2-4-16-10(14)13-8/h2-6H,1H3. The van der Waals surface area contributed by atoms with Crippen LogP contribution < -0.4 is 0 Å². The van der Waals surface area contributed by atoms with E-state index in [4.69, 9.17) is 0 Å². The first-order chi connectivity index (χ1) is 8.33. The van der Waals surface area contributed by atoms with Crippen LogP contribution in [-0.4, -0.2) is 18.8 Å². The summed E-state index contributed by atoms with van der Waals surface area (Å²) < 4.78 is 4.15. The first-order valence-electron chi connectivity index (χ1n) is 5.17. The molecule has 0 fully saturated rings. The summed E-state index contributed by atoms with van der Waals surface area (Å²) in [5, 5.41) is 4.08. The molecule has 0 aliphatic heterocycles. The van der Waals surface area contributed by atoms with E-state index in [1.807, 2.05) is 34.5 Å². The fraction of sp³-hybridized carbons (Fsp3) is 0.0909. The first kappa shape index (κ1) is 9.38. The highest BCUT2D eigenvalue weighted by molar-refractivity contribution is 7.15. The Balaban J connectivity index is 2.07. The van der Waals surface area contributed by atoms with Crippen molar-refractivity contribution in [2.45, 2.75) is 6.92 Å². The van der Waals surface area contributed by atoms with Crippen molar-refractivity contribution in [3.63, 3.8) is 0 Å². The number of nitrogens with zero attached hydrogens (tertiary/aromatic N) is 4. The largest absolute Gasteiger partial charge is 0.297 e. The number of aromatic nitrogens is 4. The van der Waals surface area contributed by atoms with Gasteiger partial charge in [0.1, 0.15) is 5.69 Å². The number of rotatable bonds is 1. The molecule has 6 heteroatoms. The van der Waals surface area contributed by atoms with E-state index in [1.165, 1.54) is 0 Å². The highest BCUT2D eigenvalue weighted by Crippen LogP contribution is 2.27. The maximum absolute atomic E-state index is 4.63. The fourth-order valence-electron chi connectivity index (χ4n) is 2.04. The van der Waals surface area contributed by atoms with Crippen molar-refractivity contribution in [1.29, 1.82) is 0 Å². The van der Waals surface area contributed by atoms with Gasteiger partial charge in [-0.25, -0.2) is 9.97 Å². The molecule has 4 nitrogen and oxygen atoms in total. The zero-order chi connectivity index (χ0) is 11.4. The molecule has 0 unspecified atom stereocenters. The van der Waals surface area contributed by atoms with E-state index in [2.05, 4.69) is 20.6 Å². The lowest BCUT2D eigenvalue weighted by atomic mass is 10.3. The molecule has 4 rings (SSSR count). The van der Waals surface area contributed by atoms with Gasteiger partial charge in [-0.05, 0) is 6.92 Å². The minimum absolute atomic E-state index is 0.986. The third-order valence-corrected chi connectivity index (χ3v) is 4.30. The van der Waals surface area contributed by atoms with E-state index in [1.54, 1.807) is 22.7 Å². The van der Waals surface area contributed by atoms with Gasteiger partial charge >= 0.3 is 0 Å². The van der Waals surface area contributed by atoms with Crippen LogP contribution in [-0.2, 0) is 0 Å². The van der Waals surface area contributed by atoms with Gasteiger partial charge in [0.05, 0.1) is 11.4 Å². The summed E-state index contributed by atoms with van der Waals surface area (Å²) in [6.07, 6.45) is 6.13. The van der Waals surface area contributed by atoms with Crippen LogP contribution in [0.5, 0.6) is 0 Å². The zero-order valence-electron chi connectivity index (χ0n) is 8.99. The van der Waals surface area contributed by atoms with E-state index in [-0.39, 0.29) is 0 Å². The van der Waals surface area contributed by atoms with Crippen LogP contribution in [0.2, 0.25) is 0 Å². The number of imidazole rings is 2. The quantitative estimate of drug-likeness (QED) is 0.527. The molecule has 0 aliphatic rings. The summed E-state index contributed by atoms with van der Waals surface area (Å²) in [5.41, 5.74) is 3.11. The summed E-state index contributed by atoms with van der Waals surface area (Å²) in [5.74, 6) is 0. The van der Waals surface area contributed by atoms with Gasteiger partial charge in [0.15, 0.2) is 9.92 Å². The van der Waals surface area contributed by atoms with Crippen molar-refractivity contribution in [3.05, 3.63) is 35.0 Å². The third kappa shape index (κ3) is 1.22. The van der Waals surface area contributed by atoms with Crippen LogP contribution in [0, 0.1) is 6.92 Å². The Morgan fingerprint density at radius 1 is 1.06 bits per heavy atom. The number of aryl methyl sites for hydroxylation is 1. The summed E-state index contributed by atoms with van der Waals surface area (Å²) in [7, 11) is 0. The van der Waals surface area contributed by atoms with Gasteiger partial charge < -0.3 is 0 Å². The Morgan fingerprint density at radius 2 is 1.88 bits per heavy atom. The topological polar surface area (TPSA) is 34.6 Å². The lowest BCUT2D eigenvalue weighted by Crippen LogP contribution is -1.85. The highest BCUT2D eigenvalue weighted by atomic mass is 32.1. The van der Waals surface area contributed by atoms with Crippen molar-refractivity contribution in [1.82, 2.24) is 18.8 Å². The molecular weight excluding hydrogens is 252 g/mol. The average molecular weight is 260 g/mol. The van der Waals surface area contributed by atoms with E-state index in [0.717, 1.165) is 27.0 Å². The van der Waals surface area contributed by atoms with Crippen molar-refractivity contribution >= 4 is 32.6 Å². The van der Waals surface area contributed by atoms with E-state index < -0.39 is 0 Å². The van der Waals surface area contributed by atoms with Crippen molar-refractivity contribution in [2.75, 3.05) is 0 Å². The fourth-order valence-corrected chi connectivity index (χ4v) is 3.50. The van der Waals surface area contributed by atoms with Crippen molar-refractivity contribution < 1.29 is 0 Å². The first-order valence-corrected chi connectivity index (χ1v) is 6.93. The molecule has 0 saturated heterocycles. The van der Waals surface area contributed by atoms with Crippen LogP contribution in [0.3, 0.4) is 0 Å². The smallest absolute Gasteiger partial charge is 0.194 e. The minimum atomic E-state index is 0.986. The second kappa shape index (κ2) is 3.18. The molecule has 0 aliphatic carbocycles. The third-order valence-electron chi connectivity index (χ3n) is 2.77. The Morgan fingerprint density at radius 3 is 2.76 bits per heavy atom. The molecular formula is C11H8N4S2. The molecule has 4 aromatic rings. The van der Waals surface area contributed by atoms with Gasteiger partial charge in [-0.3, -0.25) is 8.80 Å². The Bertz CT molecular complexity index is 788. The Labute approximate surface area is 105 Å². The molecule has 84 valence electrons. The Hall–Kier alpha value is -1.66. The van der Waals surface area contributed by atoms with Crippen LogP contribution in [0.15, 0.2) is 29.4 Å². The molecule has 0 atom stereocenters. The number of fused-ring (bicyclic) bond motifs is 2. The minimum Gasteiger partial charge on any atom is -0.297 e. The summed E-state index contributed by atoms with van der Waals surface area (Å²) in [6.45, 7) is 2.03. The summed E-state index contributed by atoms with van der Waals surface area (Å²) >= 11 is 3.29. The Kier molecular flexibility index (Phi) is 1.75. The van der Waals surface area contributed by atoms with Crippen molar-refractivity contribution in [2.24, 2.45) is 0 Å². The predicted octanol–water partition coefficient (Wildman–Crippen LogP) is 3.08. The predicted molar refractivity (Wildman–Crippen MR) is 69.9 cm³/mol. The van der Waals surface area contributed by atoms with E-state index in [9.17, 15) is 0 Å². The van der Waals surface area contributed by atoms with E-state index >= 15 is 0 Å². The van der Waals surface area contributed by atoms with Crippen LogP contribution >= 0.6 is 22.7 Å². The molecule has 0 amide bonds. The molecule has 4 heterocycles. The molecule has 0 aromatic carbocycles. The molecule has 0 N–H and O–H groups in total. The zero-order valence-corrected chi connectivity index (χ0v) is 10.6. The second-order valence-corrected chi connectivity index (χ2v) is 5.57. The molecule has 0 spiro atoms. The summed E-state index contributed by atoms with van der Waals surface area (Å²) in [4.78, 5) is 11.2. The summed E-state index contributed by atoms with van der Waals surface area (Å²) in [6, 6.07) is 0. The van der Waals surface area contributed by atoms with Crippen molar-refractivity contribution in [3.8, 4) is 11.4 Å². The maximum Gasteiger partial charge on any atom is 0.194 e. The van der Waals surface area contributed by atoms with Crippen LogP contribution in [0.4, 0.5) is 0 Å². The molecule has 17 heavy (non-hydrogen) atoms. The number of hydrogen-bond donors (Lipinski definition) is 0. The van der Waals surface area contributed by atoms with Gasteiger partial charge in [-0.1, -0.05) is 0 Å². The second-order valence-electron chi connectivity index (χ2n) is 3.82. The molecule has 0 saturated carbocycles. The highest BCUT2D eigenvalue weighted by Gasteiger charge is 2.14. The van der Waals surface area contributed by atoms with Gasteiger partial charge in [0.2, 0.25) is 0 Å². The van der Waals surface area contributed by atoms with Crippen LogP contribution in [0.1, 0.15) is 5.69 Å². The number of thiazole rings is 2. The maximum atomic E-state index is 4.63. The normalized spacial score (nSPS) is 11.8. The van der Waals surface area contributed by atoms with E-state index in [0.29, 0.717) is 0 Å².